The van der Waals surface area contributed by atoms with Crippen LogP contribution in [0.4, 0.5) is 0 Å². The van der Waals surface area contributed by atoms with Crippen molar-refractivity contribution in [2.24, 2.45) is 0 Å². The summed E-state index contributed by atoms with van der Waals surface area (Å²) >= 11 is 0. The van der Waals surface area contributed by atoms with E-state index in [1.54, 1.807) is 0 Å². The van der Waals surface area contributed by atoms with E-state index in [-0.39, 0.29) is 12.1 Å². The number of fused-ring (bicyclic) bond motifs is 1. The molecule has 2 rings (SSSR count). The first-order chi connectivity index (χ1) is 9.70. The molecule has 1 aliphatic heterocycles. The minimum absolute atomic E-state index is 0.157. The van der Waals surface area contributed by atoms with Crippen LogP contribution in [0.15, 0.2) is 30.9 Å². The molecule has 4 nitrogen and oxygen atoms in total. The zero-order chi connectivity index (χ0) is 14.4. The lowest BCUT2D eigenvalue weighted by atomic mass is 10.1. The molecule has 2 unspecified atom stereocenters. The summed E-state index contributed by atoms with van der Waals surface area (Å²) in [5.41, 5.74) is 1.13. The smallest absolute Gasteiger partial charge is 0.161 e. The second-order valence-electron chi connectivity index (χ2n) is 5.05. The van der Waals surface area contributed by atoms with Crippen LogP contribution >= 0.6 is 0 Å². The first-order valence-electron chi connectivity index (χ1n) is 7.12. The number of aliphatic hydroxyl groups excluding tert-OH is 1. The van der Waals surface area contributed by atoms with Crippen LogP contribution in [0, 0.1) is 0 Å². The van der Waals surface area contributed by atoms with Gasteiger partial charge in [0.25, 0.3) is 0 Å². The zero-order valence-electron chi connectivity index (χ0n) is 12.0. The molecule has 1 aromatic rings. The maximum Gasteiger partial charge on any atom is 0.161 e. The Morgan fingerprint density at radius 3 is 2.85 bits per heavy atom. The van der Waals surface area contributed by atoms with E-state index >= 15 is 0 Å². The van der Waals surface area contributed by atoms with E-state index in [1.807, 2.05) is 24.3 Å². The van der Waals surface area contributed by atoms with Crippen LogP contribution in [-0.4, -0.2) is 31.0 Å². The van der Waals surface area contributed by atoms with Crippen LogP contribution in [0.5, 0.6) is 11.5 Å². The SMILES string of the molecule is C=CCCC(O)CNC(C)c1ccc2c(c1)OCCO2. The number of nitrogens with one attached hydrogen (secondary N) is 1. The van der Waals surface area contributed by atoms with Crippen molar-refractivity contribution >= 4 is 0 Å². The van der Waals surface area contributed by atoms with Crippen molar-refractivity contribution in [3.05, 3.63) is 36.4 Å². The molecule has 20 heavy (non-hydrogen) atoms. The molecule has 0 aromatic heterocycles. The first-order valence-corrected chi connectivity index (χ1v) is 7.12. The highest BCUT2D eigenvalue weighted by molar-refractivity contribution is 5.44. The molecule has 110 valence electrons. The monoisotopic (exact) mass is 277 g/mol. The summed E-state index contributed by atoms with van der Waals surface area (Å²) in [7, 11) is 0. The van der Waals surface area contributed by atoms with E-state index in [1.165, 1.54) is 0 Å². The van der Waals surface area contributed by atoms with Gasteiger partial charge in [0.05, 0.1) is 6.10 Å². The standard InChI is InChI=1S/C16H23NO3/c1-3-4-5-14(18)11-17-12(2)13-6-7-15-16(10-13)20-9-8-19-15/h3,6-7,10,12,14,17-18H,1,4-5,8-9,11H2,2H3. The lowest BCUT2D eigenvalue weighted by molar-refractivity contribution is 0.159. The summed E-state index contributed by atoms with van der Waals surface area (Å²) < 4.78 is 11.1. The maximum atomic E-state index is 9.81. The molecule has 0 saturated carbocycles. The average molecular weight is 277 g/mol. The Hall–Kier alpha value is -1.52. The van der Waals surface area contributed by atoms with Crippen LogP contribution in [0.25, 0.3) is 0 Å². The molecule has 4 heteroatoms. The van der Waals surface area contributed by atoms with Crippen LogP contribution in [0.1, 0.15) is 31.4 Å². The van der Waals surface area contributed by atoms with E-state index in [0.717, 1.165) is 29.9 Å². The number of aliphatic hydroxyl groups is 1. The molecule has 0 aliphatic carbocycles. The maximum absolute atomic E-state index is 9.81. The van der Waals surface area contributed by atoms with Gasteiger partial charge in [-0.3, -0.25) is 0 Å². The van der Waals surface area contributed by atoms with E-state index < -0.39 is 0 Å². The van der Waals surface area contributed by atoms with Crippen LogP contribution in [0.2, 0.25) is 0 Å². The summed E-state index contributed by atoms with van der Waals surface area (Å²) in [4.78, 5) is 0. The largest absolute Gasteiger partial charge is 0.486 e. The van der Waals surface area contributed by atoms with Crippen molar-refractivity contribution in [1.29, 1.82) is 0 Å². The first kappa shape index (κ1) is 14.9. The number of ether oxygens (including phenoxy) is 2. The van der Waals surface area contributed by atoms with Gasteiger partial charge in [-0.05, 0) is 37.5 Å². The van der Waals surface area contributed by atoms with Gasteiger partial charge in [0.1, 0.15) is 13.2 Å². The Balaban J connectivity index is 1.88. The normalized spacial score (nSPS) is 16.5. The Morgan fingerprint density at radius 2 is 2.10 bits per heavy atom. The Morgan fingerprint density at radius 1 is 1.35 bits per heavy atom. The molecular weight excluding hydrogens is 254 g/mol. The fourth-order valence-corrected chi connectivity index (χ4v) is 2.17. The highest BCUT2D eigenvalue weighted by Crippen LogP contribution is 2.32. The minimum atomic E-state index is -0.340. The molecule has 0 radical (unpaired) electrons. The number of hydrogen-bond acceptors (Lipinski definition) is 4. The molecule has 1 heterocycles. The molecule has 0 bridgehead atoms. The van der Waals surface area contributed by atoms with Gasteiger partial charge >= 0.3 is 0 Å². The molecule has 1 aromatic carbocycles. The van der Waals surface area contributed by atoms with Gasteiger partial charge in [-0.2, -0.15) is 0 Å². The van der Waals surface area contributed by atoms with Crippen LogP contribution in [-0.2, 0) is 0 Å². The van der Waals surface area contributed by atoms with Gasteiger partial charge in [-0.1, -0.05) is 12.1 Å². The Labute approximate surface area is 120 Å². The van der Waals surface area contributed by atoms with Crippen LogP contribution in [0.3, 0.4) is 0 Å². The fraction of sp³-hybridized carbons (Fsp3) is 0.500. The third-order valence-electron chi connectivity index (χ3n) is 3.43. The predicted octanol–water partition coefficient (Wildman–Crippen LogP) is 2.44. The van der Waals surface area contributed by atoms with Crippen molar-refractivity contribution in [1.82, 2.24) is 5.32 Å². The predicted molar refractivity (Wildman–Crippen MR) is 79.3 cm³/mol. The van der Waals surface area contributed by atoms with Gasteiger partial charge in [-0.25, -0.2) is 0 Å². The molecule has 0 saturated heterocycles. The average Bonchev–Trinajstić information content (AvgIpc) is 2.50. The molecule has 0 spiro atoms. The van der Waals surface area contributed by atoms with Gasteiger partial charge in [0, 0.05) is 12.6 Å². The molecule has 1 aliphatic rings. The third-order valence-corrected chi connectivity index (χ3v) is 3.43. The summed E-state index contributed by atoms with van der Waals surface area (Å²) in [6.45, 7) is 7.51. The number of benzene rings is 1. The quantitative estimate of drug-likeness (QED) is 0.752. The van der Waals surface area contributed by atoms with Gasteiger partial charge < -0.3 is 19.9 Å². The summed E-state index contributed by atoms with van der Waals surface area (Å²) in [5, 5.41) is 13.1. The van der Waals surface area contributed by atoms with Gasteiger partial charge in [0.15, 0.2) is 11.5 Å². The van der Waals surface area contributed by atoms with Crippen LogP contribution < -0.4 is 14.8 Å². The molecule has 2 N–H and O–H groups in total. The highest BCUT2D eigenvalue weighted by atomic mass is 16.6. The molecular formula is C16H23NO3. The fourth-order valence-electron chi connectivity index (χ4n) is 2.17. The topological polar surface area (TPSA) is 50.7 Å². The van der Waals surface area contributed by atoms with E-state index in [4.69, 9.17) is 9.47 Å². The van der Waals surface area contributed by atoms with Crippen molar-refractivity contribution in [3.63, 3.8) is 0 Å². The number of hydrogen-bond donors (Lipinski definition) is 2. The highest BCUT2D eigenvalue weighted by Gasteiger charge is 2.14. The van der Waals surface area contributed by atoms with E-state index in [2.05, 4.69) is 18.8 Å². The second-order valence-corrected chi connectivity index (χ2v) is 5.05. The summed E-state index contributed by atoms with van der Waals surface area (Å²) in [5.74, 6) is 1.60. The molecule has 0 fully saturated rings. The Kier molecular flexibility index (Phi) is 5.44. The summed E-state index contributed by atoms with van der Waals surface area (Å²) in [6.07, 6.45) is 3.06. The lowest BCUT2D eigenvalue weighted by Crippen LogP contribution is -2.29. The van der Waals surface area contributed by atoms with Crippen molar-refractivity contribution in [2.75, 3.05) is 19.8 Å². The van der Waals surface area contributed by atoms with Gasteiger partial charge in [0.2, 0.25) is 0 Å². The Bertz CT molecular complexity index is 447. The summed E-state index contributed by atoms with van der Waals surface area (Å²) in [6, 6.07) is 6.13. The van der Waals surface area contributed by atoms with Gasteiger partial charge in [-0.15, -0.1) is 6.58 Å². The van der Waals surface area contributed by atoms with Crippen molar-refractivity contribution < 1.29 is 14.6 Å². The third kappa shape index (κ3) is 3.99. The lowest BCUT2D eigenvalue weighted by Gasteiger charge is -2.21. The van der Waals surface area contributed by atoms with E-state index in [0.29, 0.717) is 19.8 Å². The number of allylic oxidation sites excluding steroid dienone is 1. The minimum Gasteiger partial charge on any atom is -0.486 e. The molecule has 2 atom stereocenters. The van der Waals surface area contributed by atoms with Crippen molar-refractivity contribution in [2.45, 2.75) is 31.9 Å². The molecule has 0 amide bonds. The second kappa shape index (κ2) is 7.31. The van der Waals surface area contributed by atoms with E-state index in [9.17, 15) is 5.11 Å². The zero-order valence-corrected chi connectivity index (χ0v) is 12.0. The van der Waals surface area contributed by atoms with Crippen molar-refractivity contribution in [3.8, 4) is 11.5 Å². The number of rotatable bonds is 7.